The number of rotatable bonds is 1. The van der Waals surface area contributed by atoms with Crippen LogP contribution in [0.5, 0.6) is 5.75 Å². The average Bonchev–Trinajstić information content (AvgIpc) is 2.45. The molecule has 0 atom stereocenters. The minimum atomic E-state index is -4.21. The van der Waals surface area contributed by atoms with Gasteiger partial charge in [0.2, 0.25) is 0 Å². The first kappa shape index (κ1) is 8.33. The highest BCUT2D eigenvalue weighted by Crippen LogP contribution is 2.34. The van der Waals surface area contributed by atoms with Crippen LogP contribution < -0.4 is 9.04 Å². The fourth-order valence-electron chi connectivity index (χ4n) is 1.17. The smallest absolute Gasteiger partial charge is 0.362 e. The van der Waals surface area contributed by atoms with Crippen LogP contribution >= 0.6 is 0 Å². The number of benzene rings is 1. The Morgan fingerprint density at radius 2 is 2.08 bits per heavy atom. The van der Waals surface area contributed by atoms with Crippen molar-refractivity contribution in [2.45, 2.75) is 0 Å². The number of para-hydroxylation sites is 2. The van der Waals surface area contributed by atoms with Crippen LogP contribution in [0.4, 0.5) is 5.69 Å². The molecule has 70 valence electrons. The molecule has 1 heterocycles. The van der Waals surface area contributed by atoms with Crippen LogP contribution in [0.1, 0.15) is 0 Å². The molecule has 0 saturated carbocycles. The van der Waals surface area contributed by atoms with Gasteiger partial charge in [-0.25, -0.2) is 4.31 Å². The van der Waals surface area contributed by atoms with Gasteiger partial charge in [-0.2, -0.15) is 8.42 Å². The second kappa shape index (κ2) is 2.61. The van der Waals surface area contributed by atoms with E-state index in [-0.39, 0.29) is 6.73 Å². The maximum atomic E-state index is 10.8. The van der Waals surface area contributed by atoms with E-state index in [4.69, 9.17) is 9.29 Å². The molecule has 0 radical (unpaired) electrons. The van der Waals surface area contributed by atoms with E-state index in [1.165, 1.54) is 0 Å². The Hall–Kier alpha value is -1.27. The van der Waals surface area contributed by atoms with E-state index in [0.717, 1.165) is 4.31 Å². The second-order valence-electron chi connectivity index (χ2n) is 2.57. The van der Waals surface area contributed by atoms with Gasteiger partial charge < -0.3 is 4.74 Å². The summed E-state index contributed by atoms with van der Waals surface area (Å²) in [6.07, 6.45) is 0. The number of fused-ring (bicyclic) bond motifs is 1. The van der Waals surface area contributed by atoms with Gasteiger partial charge in [-0.15, -0.1) is 0 Å². The Kier molecular flexibility index (Phi) is 1.67. The lowest BCUT2D eigenvalue weighted by Crippen LogP contribution is -2.29. The topological polar surface area (TPSA) is 66.8 Å². The van der Waals surface area contributed by atoms with E-state index < -0.39 is 10.3 Å². The van der Waals surface area contributed by atoms with Crippen LogP contribution in [-0.4, -0.2) is 19.7 Å². The SMILES string of the molecule is O=S(=O)(O)N1COc2ccccc21. The second-order valence-corrected chi connectivity index (χ2v) is 3.90. The normalized spacial score (nSPS) is 15.3. The van der Waals surface area contributed by atoms with Gasteiger partial charge in [0.1, 0.15) is 5.75 Å². The summed E-state index contributed by atoms with van der Waals surface area (Å²) in [5.74, 6) is 0.458. The highest BCUT2D eigenvalue weighted by atomic mass is 32.2. The first-order chi connectivity index (χ1) is 6.09. The zero-order chi connectivity index (χ0) is 9.47. The van der Waals surface area contributed by atoms with Crippen LogP contribution in [0.25, 0.3) is 0 Å². The molecule has 1 aliphatic heterocycles. The lowest BCUT2D eigenvalue weighted by Gasteiger charge is -2.10. The third-order valence-electron chi connectivity index (χ3n) is 1.75. The van der Waals surface area contributed by atoms with Crippen molar-refractivity contribution >= 4 is 16.0 Å². The highest BCUT2D eigenvalue weighted by Gasteiger charge is 2.28. The molecular formula is C7H7NO4S. The molecule has 1 aliphatic rings. The number of hydrogen-bond donors (Lipinski definition) is 1. The van der Waals surface area contributed by atoms with Gasteiger partial charge in [0.25, 0.3) is 0 Å². The molecule has 0 aliphatic carbocycles. The van der Waals surface area contributed by atoms with Gasteiger partial charge >= 0.3 is 10.3 Å². The van der Waals surface area contributed by atoms with E-state index in [1.54, 1.807) is 24.3 Å². The Morgan fingerprint density at radius 1 is 1.38 bits per heavy atom. The third-order valence-corrected chi connectivity index (χ3v) is 2.61. The molecule has 1 aromatic rings. The van der Waals surface area contributed by atoms with Crippen molar-refractivity contribution in [3.63, 3.8) is 0 Å². The third kappa shape index (κ3) is 1.34. The predicted octanol–water partition coefficient (Wildman–Crippen LogP) is 0.646. The fourth-order valence-corrected chi connectivity index (χ4v) is 1.76. The van der Waals surface area contributed by atoms with Crippen LogP contribution in [-0.2, 0) is 10.3 Å². The van der Waals surface area contributed by atoms with Gasteiger partial charge in [-0.05, 0) is 12.1 Å². The Labute approximate surface area is 75.4 Å². The van der Waals surface area contributed by atoms with Crippen molar-refractivity contribution in [3.8, 4) is 5.75 Å². The molecule has 0 fully saturated rings. The number of ether oxygens (including phenoxy) is 1. The van der Waals surface area contributed by atoms with Crippen molar-refractivity contribution in [1.82, 2.24) is 0 Å². The monoisotopic (exact) mass is 201 g/mol. The summed E-state index contributed by atoms with van der Waals surface area (Å²) >= 11 is 0. The molecule has 2 rings (SSSR count). The molecular weight excluding hydrogens is 194 g/mol. The van der Waals surface area contributed by atoms with Crippen LogP contribution in [0.15, 0.2) is 24.3 Å². The first-order valence-electron chi connectivity index (χ1n) is 3.56. The molecule has 5 nitrogen and oxygen atoms in total. The molecule has 1 aromatic carbocycles. The fraction of sp³-hybridized carbons (Fsp3) is 0.143. The van der Waals surface area contributed by atoms with Crippen molar-refractivity contribution < 1.29 is 17.7 Å². The zero-order valence-electron chi connectivity index (χ0n) is 6.54. The summed E-state index contributed by atoms with van der Waals surface area (Å²) in [7, 11) is -4.21. The van der Waals surface area contributed by atoms with Gasteiger partial charge in [-0.3, -0.25) is 4.55 Å². The van der Waals surface area contributed by atoms with E-state index >= 15 is 0 Å². The van der Waals surface area contributed by atoms with E-state index in [9.17, 15) is 8.42 Å². The zero-order valence-corrected chi connectivity index (χ0v) is 7.36. The van der Waals surface area contributed by atoms with Gasteiger partial charge in [0, 0.05) is 0 Å². The van der Waals surface area contributed by atoms with Crippen LogP contribution in [0.3, 0.4) is 0 Å². The molecule has 1 N–H and O–H groups in total. The predicted molar refractivity (Wildman–Crippen MR) is 46.0 cm³/mol. The summed E-state index contributed by atoms with van der Waals surface area (Å²) in [6, 6.07) is 6.61. The highest BCUT2D eigenvalue weighted by molar-refractivity contribution is 7.87. The summed E-state index contributed by atoms with van der Waals surface area (Å²) in [4.78, 5) is 0. The van der Waals surface area contributed by atoms with Crippen molar-refractivity contribution in [2.24, 2.45) is 0 Å². The number of anilines is 1. The molecule has 0 aromatic heterocycles. The van der Waals surface area contributed by atoms with Crippen molar-refractivity contribution in [2.75, 3.05) is 11.0 Å². The standard InChI is InChI=1S/C7H7NO4S/c9-13(10,11)8-5-12-7-4-2-1-3-6(7)8/h1-4H,5H2,(H,9,10,11). The van der Waals surface area contributed by atoms with Gasteiger partial charge in [-0.1, -0.05) is 12.1 Å². The summed E-state index contributed by atoms with van der Waals surface area (Å²) in [5.41, 5.74) is 0.366. The minimum Gasteiger partial charge on any atom is -0.470 e. The molecule has 0 unspecified atom stereocenters. The summed E-state index contributed by atoms with van der Waals surface area (Å²) < 4.78 is 36.2. The maximum Gasteiger partial charge on any atom is 0.362 e. The Morgan fingerprint density at radius 3 is 2.77 bits per heavy atom. The molecule has 6 heteroatoms. The lowest BCUT2D eigenvalue weighted by atomic mass is 10.3. The molecule has 13 heavy (non-hydrogen) atoms. The minimum absolute atomic E-state index is 0.168. The lowest BCUT2D eigenvalue weighted by molar-refractivity contribution is 0.354. The number of hydrogen-bond acceptors (Lipinski definition) is 3. The molecule has 0 amide bonds. The Balaban J connectivity index is 2.51. The maximum absolute atomic E-state index is 10.8. The van der Waals surface area contributed by atoms with Crippen molar-refractivity contribution in [1.29, 1.82) is 0 Å². The average molecular weight is 201 g/mol. The molecule has 0 spiro atoms. The van der Waals surface area contributed by atoms with Crippen molar-refractivity contribution in [3.05, 3.63) is 24.3 Å². The molecule has 0 saturated heterocycles. The van der Waals surface area contributed by atoms with E-state index in [1.807, 2.05) is 0 Å². The molecule has 0 bridgehead atoms. The summed E-state index contributed by atoms with van der Waals surface area (Å²) in [5, 5.41) is 0. The summed E-state index contributed by atoms with van der Waals surface area (Å²) in [6.45, 7) is -0.168. The quantitative estimate of drug-likeness (QED) is 0.677. The number of nitrogens with zero attached hydrogens (tertiary/aromatic N) is 1. The van der Waals surface area contributed by atoms with E-state index in [0.29, 0.717) is 11.4 Å². The van der Waals surface area contributed by atoms with Gasteiger partial charge in [0.15, 0.2) is 6.73 Å². The van der Waals surface area contributed by atoms with Crippen LogP contribution in [0, 0.1) is 0 Å². The van der Waals surface area contributed by atoms with Crippen LogP contribution in [0.2, 0.25) is 0 Å². The first-order valence-corrected chi connectivity index (χ1v) is 4.96. The van der Waals surface area contributed by atoms with Gasteiger partial charge in [0.05, 0.1) is 5.69 Å². The van der Waals surface area contributed by atoms with E-state index in [2.05, 4.69) is 0 Å². The largest absolute Gasteiger partial charge is 0.470 e. The Bertz CT molecular complexity index is 428.